The molecule has 2 heterocycles. The van der Waals surface area contributed by atoms with E-state index < -0.39 is 4.92 Å². The van der Waals surface area contributed by atoms with Gasteiger partial charge >= 0.3 is 0 Å². The van der Waals surface area contributed by atoms with Gasteiger partial charge in [-0.1, -0.05) is 75.3 Å². The maximum atomic E-state index is 13.3. The molecule has 0 bridgehead atoms. The smallest absolute Gasteiger partial charge is 0.269 e. The highest BCUT2D eigenvalue weighted by Gasteiger charge is 2.33. The summed E-state index contributed by atoms with van der Waals surface area (Å²) in [7, 11) is 0. The molecule has 1 saturated heterocycles. The predicted molar refractivity (Wildman–Crippen MR) is 149 cm³/mol. The molecule has 0 spiro atoms. The summed E-state index contributed by atoms with van der Waals surface area (Å²) in [4.78, 5) is 26.3. The number of aromatic nitrogens is 2. The van der Waals surface area contributed by atoms with Gasteiger partial charge in [-0.25, -0.2) is 4.68 Å². The standard InChI is InChI=1S/C27H28N4O3S2/c1-3-5-9-19(4-2)17-29-26(32)24(36-27(29)35)16-21-18-30(22-10-7-6-8-11-22)28-25(21)20-12-14-23(15-13-20)31(33)34/h6-8,10-16,18-19H,3-5,9,17H2,1-2H3/b24-16-/t19-/m0/s1. The monoisotopic (exact) mass is 520 g/mol. The number of nitro benzene ring substituents is 1. The number of rotatable bonds is 10. The first-order valence-electron chi connectivity index (χ1n) is 12.1. The number of thiocarbonyl (C=S) groups is 1. The fourth-order valence-electron chi connectivity index (χ4n) is 4.15. The van der Waals surface area contributed by atoms with Crippen molar-refractivity contribution in [2.24, 2.45) is 5.92 Å². The highest BCUT2D eigenvalue weighted by molar-refractivity contribution is 8.26. The lowest BCUT2D eigenvalue weighted by Gasteiger charge is -2.21. The van der Waals surface area contributed by atoms with Crippen LogP contribution in [0.15, 0.2) is 65.7 Å². The molecule has 0 radical (unpaired) electrons. The van der Waals surface area contributed by atoms with Crippen molar-refractivity contribution < 1.29 is 9.72 Å². The zero-order valence-electron chi connectivity index (χ0n) is 20.3. The highest BCUT2D eigenvalue weighted by atomic mass is 32.2. The number of nitro groups is 1. The van der Waals surface area contributed by atoms with Crippen LogP contribution in [0, 0.1) is 16.0 Å². The van der Waals surface area contributed by atoms with Crippen molar-refractivity contribution in [1.29, 1.82) is 0 Å². The quantitative estimate of drug-likeness (QED) is 0.126. The molecular weight excluding hydrogens is 492 g/mol. The molecule has 1 atom stereocenters. The number of non-ortho nitro benzene ring substituents is 1. The molecule has 36 heavy (non-hydrogen) atoms. The second-order valence-corrected chi connectivity index (χ2v) is 10.4. The third kappa shape index (κ3) is 5.74. The lowest BCUT2D eigenvalue weighted by Crippen LogP contribution is -2.33. The third-order valence-electron chi connectivity index (χ3n) is 6.26. The number of hydrogen-bond acceptors (Lipinski definition) is 6. The van der Waals surface area contributed by atoms with Gasteiger partial charge in [0.05, 0.1) is 21.2 Å². The van der Waals surface area contributed by atoms with Gasteiger partial charge in [-0.3, -0.25) is 19.8 Å². The Morgan fingerprint density at radius 3 is 2.50 bits per heavy atom. The van der Waals surface area contributed by atoms with E-state index in [1.807, 2.05) is 42.6 Å². The van der Waals surface area contributed by atoms with Crippen LogP contribution in [0.5, 0.6) is 0 Å². The first-order chi connectivity index (χ1) is 17.4. The van der Waals surface area contributed by atoms with Gasteiger partial charge in [-0.2, -0.15) is 5.10 Å². The van der Waals surface area contributed by atoms with Gasteiger partial charge < -0.3 is 0 Å². The van der Waals surface area contributed by atoms with Gasteiger partial charge in [0.15, 0.2) is 0 Å². The van der Waals surface area contributed by atoms with Gasteiger partial charge in [0.1, 0.15) is 4.32 Å². The largest absolute Gasteiger partial charge is 0.293 e. The van der Waals surface area contributed by atoms with Crippen LogP contribution >= 0.6 is 24.0 Å². The van der Waals surface area contributed by atoms with Gasteiger partial charge in [0.25, 0.3) is 11.6 Å². The van der Waals surface area contributed by atoms with Crippen molar-refractivity contribution in [2.45, 2.75) is 39.5 Å². The molecule has 1 aromatic heterocycles. The second-order valence-electron chi connectivity index (χ2n) is 8.73. The van der Waals surface area contributed by atoms with Crippen LogP contribution in [-0.4, -0.2) is 36.4 Å². The molecule has 9 heteroatoms. The molecule has 1 fully saturated rings. The van der Waals surface area contributed by atoms with Crippen LogP contribution in [0.4, 0.5) is 5.69 Å². The average Bonchev–Trinajstić information content (AvgIpc) is 3.43. The van der Waals surface area contributed by atoms with Crippen LogP contribution in [0.25, 0.3) is 23.0 Å². The number of hydrogen-bond donors (Lipinski definition) is 0. The van der Waals surface area contributed by atoms with Crippen LogP contribution in [-0.2, 0) is 4.79 Å². The van der Waals surface area contributed by atoms with E-state index in [4.69, 9.17) is 17.3 Å². The van der Waals surface area contributed by atoms with Crippen molar-refractivity contribution in [2.75, 3.05) is 6.54 Å². The van der Waals surface area contributed by atoms with Gasteiger partial charge in [0, 0.05) is 36.0 Å². The number of carbonyl (C=O) groups is 1. The Hall–Kier alpha value is -3.30. The summed E-state index contributed by atoms with van der Waals surface area (Å²) >= 11 is 6.89. The van der Waals surface area contributed by atoms with Crippen molar-refractivity contribution in [1.82, 2.24) is 14.7 Å². The molecule has 3 aromatic rings. The zero-order chi connectivity index (χ0) is 25.7. The van der Waals surface area contributed by atoms with E-state index in [1.165, 1.54) is 23.9 Å². The van der Waals surface area contributed by atoms with E-state index in [0.29, 0.717) is 27.4 Å². The van der Waals surface area contributed by atoms with Gasteiger partial charge in [-0.05, 0) is 42.7 Å². The minimum Gasteiger partial charge on any atom is -0.293 e. The van der Waals surface area contributed by atoms with E-state index >= 15 is 0 Å². The molecular formula is C27H28N4O3S2. The minimum atomic E-state index is -0.428. The van der Waals surface area contributed by atoms with E-state index in [9.17, 15) is 14.9 Å². The van der Waals surface area contributed by atoms with E-state index in [2.05, 4.69) is 13.8 Å². The van der Waals surface area contributed by atoms with E-state index in [1.54, 1.807) is 21.7 Å². The third-order valence-corrected chi connectivity index (χ3v) is 7.64. The summed E-state index contributed by atoms with van der Waals surface area (Å²) in [6.07, 6.45) is 8.05. The molecule has 1 amide bonds. The first-order valence-corrected chi connectivity index (χ1v) is 13.3. The number of nitrogens with zero attached hydrogens (tertiary/aromatic N) is 4. The molecule has 2 aromatic carbocycles. The molecule has 0 unspecified atom stereocenters. The molecule has 0 saturated carbocycles. The fourth-order valence-corrected chi connectivity index (χ4v) is 5.41. The highest BCUT2D eigenvalue weighted by Crippen LogP contribution is 2.36. The number of para-hydroxylation sites is 1. The molecule has 4 rings (SSSR count). The molecule has 1 aliphatic heterocycles. The normalized spacial score (nSPS) is 15.6. The Morgan fingerprint density at radius 2 is 1.86 bits per heavy atom. The number of thioether (sulfide) groups is 1. The summed E-state index contributed by atoms with van der Waals surface area (Å²) in [5.41, 5.74) is 2.98. The number of benzene rings is 2. The van der Waals surface area contributed by atoms with Crippen LogP contribution in [0.3, 0.4) is 0 Å². The summed E-state index contributed by atoms with van der Waals surface area (Å²) < 4.78 is 2.33. The maximum Gasteiger partial charge on any atom is 0.269 e. The molecule has 186 valence electrons. The van der Waals surface area contributed by atoms with Crippen LogP contribution in [0.2, 0.25) is 0 Å². The number of amides is 1. The second kappa shape index (κ2) is 11.6. The van der Waals surface area contributed by atoms with Crippen molar-refractivity contribution in [3.63, 3.8) is 0 Å². The molecule has 1 aliphatic rings. The van der Waals surface area contributed by atoms with Gasteiger partial charge in [-0.15, -0.1) is 0 Å². The predicted octanol–water partition coefficient (Wildman–Crippen LogP) is 6.87. The number of unbranched alkanes of at least 4 members (excludes halogenated alkanes) is 1. The lowest BCUT2D eigenvalue weighted by atomic mass is 9.99. The Morgan fingerprint density at radius 1 is 1.14 bits per heavy atom. The lowest BCUT2D eigenvalue weighted by molar-refractivity contribution is -0.384. The van der Waals surface area contributed by atoms with Crippen molar-refractivity contribution in [3.05, 3.63) is 81.4 Å². The SMILES string of the molecule is CCCC[C@H](CC)CN1C(=O)/C(=C/c2cn(-c3ccccc3)nc2-c2ccc([N+](=O)[O-])cc2)SC1=S. The van der Waals surface area contributed by atoms with Crippen LogP contribution in [0.1, 0.15) is 45.1 Å². The Labute approximate surface area is 220 Å². The van der Waals surface area contributed by atoms with Gasteiger partial charge in [0.2, 0.25) is 0 Å². The summed E-state index contributed by atoms with van der Waals surface area (Å²) in [5.74, 6) is 0.338. The summed E-state index contributed by atoms with van der Waals surface area (Å²) in [5, 5.41) is 15.9. The Balaban J connectivity index is 1.69. The minimum absolute atomic E-state index is 0.0113. The number of carbonyl (C=O) groups excluding carboxylic acids is 1. The maximum absolute atomic E-state index is 13.3. The van der Waals surface area contributed by atoms with Crippen molar-refractivity contribution >= 4 is 46.0 Å². The Bertz CT molecular complexity index is 1290. The topological polar surface area (TPSA) is 81.3 Å². The van der Waals surface area contributed by atoms with E-state index in [-0.39, 0.29) is 11.6 Å². The van der Waals surface area contributed by atoms with Crippen LogP contribution < -0.4 is 0 Å². The summed E-state index contributed by atoms with van der Waals surface area (Å²) in [6.45, 7) is 4.96. The molecule has 7 nitrogen and oxygen atoms in total. The van der Waals surface area contributed by atoms with E-state index in [0.717, 1.165) is 42.5 Å². The average molecular weight is 521 g/mol. The molecule has 0 aliphatic carbocycles. The summed E-state index contributed by atoms with van der Waals surface area (Å²) in [6, 6.07) is 15.9. The fraction of sp³-hybridized carbons (Fsp3) is 0.296. The zero-order valence-corrected chi connectivity index (χ0v) is 21.9. The van der Waals surface area contributed by atoms with Crippen molar-refractivity contribution in [3.8, 4) is 16.9 Å². The molecule has 0 N–H and O–H groups in total. The first kappa shape index (κ1) is 25.8. The Kier molecular flexibility index (Phi) is 8.32.